The van der Waals surface area contributed by atoms with Crippen LogP contribution >= 0.6 is 0 Å². The number of hydrogen-bond donors (Lipinski definition) is 3. The van der Waals surface area contributed by atoms with Gasteiger partial charge in [-0.2, -0.15) is 13.1 Å². The minimum atomic E-state index is -4.16. The molecule has 32 heavy (non-hydrogen) atoms. The van der Waals surface area contributed by atoms with Crippen LogP contribution in [0.25, 0.3) is 0 Å². The molecular weight excluding hydrogens is 422 g/mol. The van der Waals surface area contributed by atoms with E-state index in [1.54, 1.807) is 0 Å². The summed E-state index contributed by atoms with van der Waals surface area (Å²) in [6.45, 7) is 10.9. The molecule has 3 rings (SSSR count). The number of nitrogens with one attached hydrogen (secondary N) is 1. The van der Waals surface area contributed by atoms with E-state index < -0.39 is 15.9 Å². The van der Waals surface area contributed by atoms with E-state index in [0.717, 1.165) is 62.7 Å². The number of rotatable bonds is 10. The zero-order valence-electron chi connectivity index (χ0n) is 20.9. The lowest BCUT2D eigenvalue weighted by atomic mass is 9.54. The van der Waals surface area contributed by atoms with Crippen LogP contribution in [0.5, 0.6) is 0 Å². The van der Waals surface area contributed by atoms with Gasteiger partial charge in [0.1, 0.15) is 0 Å². The van der Waals surface area contributed by atoms with Gasteiger partial charge in [0.15, 0.2) is 0 Å². The molecule has 2 saturated carbocycles. The maximum atomic E-state index is 11.3. The quantitative estimate of drug-likeness (QED) is 0.274. The van der Waals surface area contributed by atoms with Crippen molar-refractivity contribution in [3.8, 4) is 0 Å². The van der Waals surface area contributed by atoms with Gasteiger partial charge in [0.2, 0.25) is 0 Å². The van der Waals surface area contributed by atoms with Crippen LogP contribution in [0.2, 0.25) is 0 Å². The third kappa shape index (κ3) is 6.37. The molecule has 7 atom stereocenters. The van der Waals surface area contributed by atoms with E-state index in [4.69, 9.17) is 0 Å². The topological polar surface area (TPSA) is 86.6 Å². The smallest absolute Gasteiger partial charge is 0.333 e. The lowest BCUT2D eigenvalue weighted by Gasteiger charge is -2.51. The normalized spacial score (nSPS) is 35.0. The van der Waals surface area contributed by atoms with Crippen LogP contribution in [0.15, 0.2) is 11.6 Å². The third-order valence-electron chi connectivity index (χ3n) is 9.22. The lowest BCUT2D eigenvalue weighted by molar-refractivity contribution is -0.0111. The second-order valence-corrected chi connectivity index (χ2v) is 13.4. The summed E-state index contributed by atoms with van der Waals surface area (Å²) < 4.78 is 34.4. The Balaban J connectivity index is 1.65. The SMILES string of the molecule is CCC[C@@H](CC1=CCC2C(CC[C@@]3(C)C2CC[C@@H]3C(C)CCC(C)(C)O)C1)NS(=O)(=O)O. The summed E-state index contributed by atoms with van der Waals surface area (Å²) >= 11 is 0. The summed E-state index contributed by atoms with van der Waals surface area (Å²) in [6, 6.07) is -0.209. The Bertz CT molecular complexity index is 771. The fourth-order valence-corrected chi connectivity index (χ4v) is 8.32. The number of allylic oxidation sites excluding steroid dienone is 1. The van der Waals surface area contributed by atoms with E-state index in [-0.39, 0.29) is 6.04 Å². The van der Waals surface area contributed by atoms with Crippen LogP contribution in [-0.2, 0) is 10.3 Å². The Morgan fingerprint density at radius 1 is 1.25 bits per heavy atom. The summed E-state index contributed by atoms with van der Waals surface area (Å²) in [5.74, 6) is 3.67. The van der Waals surface area contributed by atoms with Gasteiger partial charge in [-0.3, -0.25) is 4.55 Å². The van der Waals surface area contributed by atoms with E-state index in [9.17, 15) is 18.1 Å². The molecule has 0 bridgehead atoms. The molecule has 6 heteroatoms. The van der Waals surface area contributed by atoms with Gasteiger partial charge in [-0.15, -0.1) is 0 Å². The largest absolute Gasteiger partial charge is 0.390 e. The molecular formula is C26H47NO4S. The first kappa shape index (κ1) is 26.2. The van der Waals surface area contributed by atoms with Gasteiger partial charge in [-0.1, -0.05) is 38.8 Å². The van der Waals surface area contributed by atoms with Crippen LogP contribution in [0.3, 0.4) is 0 Å². The molecule has 4 unspecified atom stereocenters. The average molecular weight is 470 g/mol. The Hall–Kier alpha value is -0.430. The maximum Gasteiger partial charge on any atom is 0.333 e. The molecule has 0 saturated heterocycles. The average Bonchev–Trinajstić information content (AvgIpc) is 3.02. The second-order valence-electron chi connectivity index (χ2n) is 12.2. The highest BCUT2D eigenvalue weighted by Crippen LogP contribution is 2.63. The first-order valence-corrected chi connectivity index (χ1v) is 14.4. The Labute approximate surface area is 196 Å². The fourth-order valence-electron chi connectivity index (χ4n) is 7.70. The molecule has 0 heterocycles. The van der Waals surface area contributed by atoms with E-state index >= 15 is 0 Å². The second kappa shape index (κ2) is 10.1. The van der Waals surface area contributed by atoms with Gasteiger partial charge in [0.25, 0.3) is 0 Å². The van der Waals surface area contributed by atoms with Gasteiger partial charge in [0.05, 0.1) is 5.60 Å². The van der Waals surface area contributed by atoms with Crippen LogP contribution < -0.4 is 4.72 Å². The highest BCUT2D eigenvalue weighted by Gasteiger charge is 2.54. The molecule has 3 N–H and O–H groups in total. The van der Waals surface area contributed by atoms with E-state index in [1.165, 1.54) is 31.3 Å². The molecule has 0 aliphatic heterocycles. The van der Waals surface area contributed by atoms with Crippen molar-refractivity contribution in [3.63, 3.8) is 0 Å². The third-order valence-corrected chi connectivity index (χ3v) is 9.85. The Morgan fingerprint density at radius 2 is 1.97 bits per heavy atom. The molecule has 0 aromatic rings. The minimum Gasteiger partial charge on any atom is -0.390 e. The van der Waals surface area contributed by atoms with E-state index in [0.29, 0.717) is 17.3 Å². The Morgan fingerprint density at radius 3 is 2.59 bits per heavy atom. The van der Waals surface area contributed by atoms with Crippen molar-refractivity contribution in [2.45, 2.75) is 117 Å². The van der Waals surface area contributed by atoms with Gasteiger partial charge < -0.3 is 5.11 Å². The van der Waals surface area contributed by atoms with Crippen molar-refractivity contribution >= 4 is 10.3 Å². The molecule has 0 aromatic heterocycles. The number of aliphatic hydroxyl groups is 1. The van der Waals surface area contributed by atoms with Crippen LogP contribution in [0, 0.1) is 35.0 Å². The molecule has 5 nitrogen and oxygen atoms in total. The molecule has 0 radical (unpaired) electrons. The van der Waals surface area contributed by atoms with Crippen molar-refractivity contribution in [2.75, 3.05) is 0 Å². The summed E-state index contributed by atoms with van der Waals surface area (Å²) in [5, 5.41) is 10.2. The van der Waals surface area contributed by atoms with E-state index in [2.05, 4.69) is 24.6 Å². The monoisotopic (exact) mass is 469 g/mol. The fraction of sp³-hybridized carbons (Fsp3) is 0.923. The molecule has 2 fully saturated rings. The minimum absolute atomic E-state index is 0.209. The van der Waals surface area contributed by atoms with Crippen LogP contribution in [0.4, 0.5) is 0 Å². The predicted molar refractivity (Wildman–Crippen MR) is 131 cm³/mol. The molecule has 3 aliphatic rings. The highest BCUT2D eigenvalue weighted by molar-refractivity contribution is 7.83. The summed E-state index contributed by atoms with van der Waals surface area (Å²) in [7, 11) is -4.16. The lowest BCUT2D eigenvalue weighted by Crippen LogP contribution is -2.44. The predicted octanol–water partition coefficient (Wildman–Crippen LogP) is 5.90. The molecule has 0 amide bonds. The van der Waals surface area contributed by atoms with E-state index in [1.807, 2.05) is 20.8 Å². The van der Waals surface area contributed by atoms with Crippen LogP contribution in [0.1, 0.15) is 105 Å². The van der Waals surface area contributed by atoms with Crippen molar-refractivity contribution in [2.24, 2.45) is 35.0 Å². The maximum absolute atomic E-state index is 11.3. The van der Waals surface area contributed by atoms with Gasteiger partial charge in [0, 0.05) is 6.04 Å². The molecule has 186 valence electrons. The van der Waals surface area contributed by atoms with Crippen molar-refractivity contribution in [3.05, 3.63) is 11.6 Å². The Kier molecular flexibility index (Phi) is 8.22. The first-order chi connectivity index (χ1) is 14.8. The molecule has 0 spiro atoms. The van der Waals surface area contributed by atoms with Crippen molar-refractivity contribution < 1.29 is 18.1 Å². The highest BCUT2D eigenvalue weighted by atomic mass is 32.2. The van der Waals surface area contributed by atoms with Gasteiger partial charge >= 0.3 is 10.3 Å². The zero-order chi connectivity index (χ0) is 23.7. The number of fused-ring (bicyclic) bond motifs is 3. The molecule has 3 aliphatic carbocycles. The summed E-state index contributed by atoms with van der Waals surface area (Å²) in [5.41, 5.74) is 1.22. The van der Waals surface area contributed by atoms with Crippen molar-refractivity contribution in [1.29, 1.82) is 0 Å². The molecule has 0 aromatic carbocycles. The summed E-state index contributed by atoms with van der Waals surface area (Å²) in [6.07, 6.45) is 14.2. The van der Waals surface area contributed by atoms with Gasteiger partial charge in [-0.05, 0) is 113 Å². The van der Waals surface area contributed by atoms with Crippen molar-refractivity contribution in [1.82, 2.24) is 4.72 Å². The van der Waals surface area contributed by atoms with Crippen LogP contribution in [-0.4, -0.2) is 29.7 Å². The first-order valence-electron chi connectivity index (χ1n) is 13.0. The number of hydrogen-bond acceptors (Lipinski definition) is 3. The standard InChI is InChI=1S/C26H47NO4S/c1-6-7-21(27-32(29,30)31)17-19-8-9-22-20(16-19)13-15-26(5)23(10-11-24(22)26)18(2)12-14-25(3,4)28/h8,18,20-24,27-28H,6-7,9-17H2,1-5H3,(H,29,30,31)/t18?,20?,21-,22?,23+,24?,26+/m0/s1. The summed E-state index contributed by atoms with van der Waals surface area (Å²) in [4.78, 5) is 0. The van der Waals surface area contributed by atoms with Gasteiger partial charge in [-0.25, -0.2) is 0 Å². The zero-order valence-corrected chi connectivity index (χ0v) is 21.8.